The average molecular weight is 268 g/mol. The lowest BCUT2D eigenvalue weighted by Gasteiger charge is -2.35. The predicted octanol–water partition coefficient (Wildman–Crippen LogP) is 3.20. The van der Waals surface area contributed by atoms with Gasteiger partial charge in [0.25, 0.3) is 6.43 Å². The summed E-state index contributed by atoms with van der Waals surface area (Å²) in [6, 6.07) is 7.29. The molecule has 0 aliphatic carbocycles. The van der Waals surface area contributed by atoms with Crippen molar-refractivity contribution in [3.63, 3.8) is 0 Å². The minimum absolute atomic E-state index is 0.106. The molecule has 1 fully saturated rings. The van der Waals surface area contributed by atoms with E-state index in [4.69, 9.17) is 0 Å². The normalized spacial score (nSPS) is 20.9. The van der Waals surface area contributed by atoms with E-state index in [1.54, 1.807) is 0 Å². The van der Waals surface area contributed by atoms with Crippen LogP contribution < -0.4 is 5.32 Å². The lowest BCUT2D eigenvalue weighted by atomic mass is 10.0. The minimum atomic E-state index is -2.37. The summed E-state index contributed by atoms with van der Waals surface area (Å²) < 4.78 is 25.0. The second kappa shape index (κ2) is 6.96. The molecule has 2 nitrogen and oxygen atoms in total. The maximum Gasteiger partial charge on any atom is 0.263 e. The zero-order valence-corrected chi connectivity index (χ0v) is 11.4. The van der Waals surface area contributed by atoms with Gasteiger partial charge < -0.3 is 5.32 Å². The first-order valence-electron chi connectivity index (χ1n) is 6.96. The van der Waals surface area contributed by atoms with Crippen LogP contribution in [0.1, 0.15) is 36.8 Å². The van der Waals surface area contributed by atoms with E-state index in [0.29, 0.717) is 6.04 Å². The highest BCUT2D eigenvalue weighted by Gasteiger charge is 2.21. The number of hydrogen-bond acceptors (Lipinski definition) is 2. The van der Waals surface area contributed by atoms with Crippen molar-refractivity contribution in [3.8, 4) is 0 Å². The van der Waals surface area contributed by atoms with Crippen molar-refractivity contribution in [1.82, 2.24) is 10.2 Å². The molecule has 0 spiro atoms. The number of nitrogens with zero attached hydrogens (tertiary/aromatic N) is 1. The Kier molecular flexibility index (Phi) is 5.28. The molecule has 0 amide bonds. The summed E-state index contributed by atoms with van der Waals surface area (Å²) in [4.78, 5) is 2.46. The van der Waals surface area contributed by atoms with Gasteiger partial charge in [-0.15, -0.1) is 0 Å². The Labute approximate surface area is 113 Å². The number of hydrogen-bond donors (Lipinski definition) is 1. The fourth-order valence-electron chi connectivity index (χ4n) is 2.74. The lowest BCUT2D eigenvalue weighted by molar-refractivity contribution is 0.139. The summed E-state index contributed by atoms with van der Waals surface area (Å²) in [5, 5.41) is 3.24. The quantitative estimate of drug-likeness (QED) is 0.882. The Balaban J connectivity index is 1.98. The van der Waals surface area contributed by atoms with E-state index in [-0.39, 0.29) is 5.56 Å². The molecular formula is C15H22F2N2. The predicted molar refractivity (Wildman–Crippen MR) is 73.4 cm³/mol. The fourth-order valence-corrected chi connectivity index (χ4v) is 2.74. The molecule has 1 aromatic rings. The molecule has 2 rings (SSSR count). The standard InChI is InChI=1S/C15H22F2N2/c1-18-10-14-4-2-3-9-19(14)11-12-5-7-13(8-6-12)15(16)17/h5-8,14-15,18H,2-4,9-11H2,1H3. The van der Waals surface area contributed by atoms with E-state index in [1.807, 2.05) is 19.2 Å². The Hall–Kier alpha value is -1.00. The highest BCUT2D eigenvalue weighted by Crippen LogP contribution is 2.22. The lowest BCUT2D eigenvalue weighted by Crippen LogP contribution is -2.44. The highest BCUT2D eigenvalue weighted by molar-refractivity contribution is 5.23. The van der Waals surface area contributed by atoms with Crippen molar-refractivity contribution in [3.05, 3.63) is 35.4 Å². The number of halogens is 2. The summed E-state index contributed by atoms with van der Waals surface area (Å²) in [5.41, 5.74) is 1.22. The molecule has 0 radical (unpaired) electrons. The summed E-state index contributed by atoms with van der Waals surface area (Å²) in [5.74, 6) is 0. The molecule has 1 unspecified atom stereocenters. The summed E-state index contributed by atoms with van der Waals surface area (Å²) in [6.45, 7) is 2.95. The number of alkyl halides is 2. The first-order valence-corrected chi connectivity index (χ1v) is 6.96. The number of likely N-dealkylation sites (tertiary alicyclic amines) is 1. The third-order valence-corrected chi connectivity index (χ3v) is 3.81. The molecule has 106 valence electrons. The van der Waals surface area contributed by atoms with E-state index in [2.05, 4.69) is 10.2 Å². The molecule has 4 heteroatoms. The maximum atomic E-state index is 12.5. The van der Waals surface area contributed by atoms with Crippen molar-refractivity contribution in [2.45, 2.75) is 38.3 Å². The fraction of sp³-hybridized carbons (Fsp3) is 0.600. The Morgan fingerprint density at radius 3 is 2.63 bits per heavy atom. The zero-order chi connectivity index (χ0) is 13.7. The van der Waals surface area contributed by atoms with Gasteiger partial charge >= 0.3 is 0 Å². The van der Waals surface area contributed by atoms with Crippen LogP contribution in [0.25, 0.3) is 0 Å². The second-order valence-electron chi connectivity index (χ2n) is 5.22. The van der Waals surface area contributed by atoms with Gasteiger partial charge in [-0.05, 0) is 32.0 Å². The molecule has 1 aromatic carbocycles. The van der Waals surface area contributed by atoms with Gasteiger partial charge in [0.2, 0.25) is 0 Å². The van der Waals surface area contributed by atoms with Crippen LogP contribution in [-0.2, 0) is 6.54 Å². The van der Waals surface area contributed by atoms with Gasteiger partial charge in [0.05, 0.1) is 0 Å². The van der Waals surface area contributed by atoms with Gasteiger partial charge in [-0.2, -0.15) is 0 Å². The van der Waals surface area contributed by atoms with Crippen molar-refractivity contribution in [2.24, 2.45) is 0 Å². The number of nitrogens with one attached hydrogen (secondary N) is 1. The van der Waals surface area contributed by atoms with E-state index in [1.165, 1.54) is 31.4 Å². The average Bonchev–Trinajstić information content (AvgIpc) is 2.42. The Morgan fingerprint density at radius 1 is 1.26 bits per heavy atom. The van der Waals surface area contributed by atoms with Crippen LogP contribution in [0.2, 0.25) is 0 Å². The van der Waals surface area contributed by atoms with Gasteiger partial charge in [-0.3, -0.25) is 4.90 Å². The third kappa shape index (κ3) is 3.98. The Morgan fingerprint density at radius 2 is 2.00 bits per heavy atom. The van der Waals surface area contributed by atoms with E-state index in [9.17, 15) is 8.78 Å². The van der Waals surface area contributed by atoms with Gasteiger partial charge in [-0.25, -0.2) is 8.78 Å². The van der Waals surface area contributed by atoms with Gasteiger partial charge in [0, 0.05) is 24.7 Å². The summed E-state index contributed by atoms with van der Waals surface area (Å²) in [7, 11) is 1.98. The smallest absolute Gasteiger partial charge is 0.263 e. The van der Waals surface area contributed by atoms with Crippen LogP contribution in [-0.4, -0.2) is 31.1 Å². The van der Waals surface area contributed by atoms with Crippen LogP contribution in [0.3, 0.4) is 0 Å². The SMILES string of the molecule is CNCC1CCCCN1Cc1ccc(C(F)F)cc1. The molecule has 1 N–H and O–H groups in total. The monoisotopic (exact) mass is 268 g/mol. The number of likely N-dealkylation sites (N-methyl/N-ethyl adjacent to an activating group) is 1. The molecule has 19 heavy (non-hydrogen) atoms. The Bertz CT molecular complexity index is 376. The summed E-state index contributed by atoms with van der Waals surface area (Å²) in [6.07, 6.45) is 1.36. The number of rotatable bonds is 5. The molecule has 1 saturated heterocycles. The van der Waals surface area contributed by atoms with Crippen LogP contribution >= 0.6 is 0 Å². The van der Waals surface area contributed by atoms with Crippen LogP contribution in [0.15, 0.2) is 24.3 Å². The molecule has 1 heterocycles. The molecular weight excluding hydrogens is 246 g/mol. The number of piperidine rings is 1. The van der Waals surface area contributed by atoms with Crippen molar-refractivity contribution in [1.29, 1.82) is 0 Å². The maximum absolute atomic E-state index is 12.5. The molecule has 0 aromatic heterocycles. The largest absolute Gasteiger partial charge is 0.318 e. The zero-order valence-electron chi connectivity index (χ0n) is 11.4. The minimum Gasteiger partial charge on any atom is -0.318 e. The van der Waals surface area contributed by atoms with E-state index < -0.39 is 6.43 Å². The van der Waals surface area contributed by atoms with Crippen LogP contribution in [0, 0.1) is 0 Å². The van der Waals surface area contributed by atoms with Crippen molar-refractivity contribution >= 4 is 0 Å². The van der Waals surface area contributed by atoms with E-state index >= 15 is 0 Å². The van der Waals surface area contributed by atoms with Gasteiger partial charge in [0.15, 0.2) is 0 Å². The van der Waals surface area contributed by atoms with E-state index in [0.717, 1.165) is 25.2 Å². The number of benzene rings is 1. The van der Waals surface area contributed by atoms with Crippen molar-refractivity contribution in [2.75, 3.05) is 20.1 Å². The second-order valence-corrected chi connectivity index (χ2v) is 5.22. The molecule has 0 bridgehead atoms. The van der Waals surface area contributed by atoms with Gasteiger partial charge in [-0.1, -0.05) is 30.7 Å². The van der Waals surface area contributed by atoms with Gasteiger partial charge in [0.1, 0.15) is 0 Å². The summed E-state index contributed by atoms with van der Waals surface area (Å²) >= 11 is 0. The van der Waals surface area contributed by atoms with Crippen LogP contribution in [0.4, 0.5) is 8.78 Å². The highest BCUT2D eigenvalue weighted by atomic mass is 19.3. The molecule has 0 saturated carbocycles. The topological polar surface area (TPSA) is 15.3 Å². The molecule has 1 atom stereocenters. The van der Waals surface area contributed by atoms with Crippen LogP contribution in [0.5, 0.6) is 0 Å². The molecule has 1 aliphatic heterocycles. The van der Waals surface area contributed by atoms with Crippen molar-refractivity contribution < 1.29 is 8.78 Å². The first-order chi connectivity index (χ1) is 9.20. The molecule has 1 aliphatic rings. The third-order valence-electron chi connectivity index (χ3n) is 3.81. The first kappa shape index (κ1) is 14.4.